The number of halogens is 1. The molecule has 0 amide bonds. The Balaban J connectivity index is 2.13. The first-order valence-electron chi connectivity index (χ1n) is 13.3. The zero-order chi connectivity index (χ0) is 24.9. The third-order valence-electron chi connectivity index (χ3n) is 5.98. The number of nitrogens with zero attached hydrogens (tertiary/aromatic N) is 5. The number of thioether (sulfide) groups is 1. The van der Waals surface area contributed by atoms with Crippen LogP contribution in [0.4, 0.5) is 0 Å². The summed E-state index contributed by atoms with van der Waals surface area (Å²) in [7, 11) is 0. The lowest BCUT2D eigenvalue weighted by Gasteiger charge is -2.23. The fraction of sp³-hybridized carbons (Fsp3) is 0.958. The summed E-state index contributed by atoms with van der Waals surface area (Å²) in [5, 5.41) is 12.5. The minimum Gasteiger partial charge on any atom is -0.294 e. The molecule has 0 radical (unpaired) electrons. The molecule has 200 valence electrons. The SMILES string of the molecule is CCCCCCCCCCCCCCCCSCC(CN(CCCI)S(=O)O)n1nnc(C)n1. The van der Waals surface area contributed by atoms with Gasteiger partial charge in [-0.05, 0) is 30.7 Å². The van der Waals surface area contributed by atoms with Crippen molar-refractivity contribution in [3.05, 3.63) is 5.82 Å². The molecule has 0 aliphatic rings. The second kappa shape index (κ2) is 22.4. The minimum absolute atomic E-state index is 0.0526. The highest BCUT2D eigenvalue weighted by atomic mass is 127. The molecule has 1 heterocycles. The van der Waals surface area contributed by atoms with Crippen LogP contribution in [0, 0.1) is 6.92 Å². The molecule has 0 aromatic carbocycles. The van der Waals surface area contributed by atoms with Crippen molar-refractivity contribution in [3.8, 4) is 0 Å². The van der Waals surface area contributed by atoms with E-state index in [1.165, 1.54) is 89.9 Å². The quantitative estimate of drug-likeness (QED) is 0.0574. The van der Waals surface area contributed by atoms with Crippen molar-refractivity contribution in [1.82, 2.24) is 24.5 Å². The van der Waals surface area contributed by atoms with Crippen LogP contribution < -0.4 is 0 Å². The molecule has 0 fully saturated rings. The first-order valence-corrected chi connectivity index (χ1v) is 17.1. The van der Waals surface area contributed by atoms with E-state index in [2.05, 4.69) is 44.9 Å². The van der Waals surface area contributed by atoms with Crippen molar-refractivity contribution in [1.29, 1.82) is 0 Å². The zero-order valence-electron chi connectivity index (χ0n) is 21.5. The van der Waals surface area contributed by atoms with Crippen LogP contribution in [-0.4, -0.2) is 62.3 Å². The van der Waals surface area contributed by atoms with Gasteiger partial charge in [-0.15, -0.1) is 10.2 Å². The molecule has 2 atom stereocenters. The largest absolute Gasteiger partial charge is 0.294 e. The maximum atomic E-state index is 11.8. The van der Waals surface area contributed by atoms with Gasteiger partial charge in [0.05, 0.1) is 6.04 Å². The van der Waals surface area contributed by atoms with Crippen LogP contribution in [0.2, 0.25) is 0 Å². The Morgan fingerprint density at radius 3 is 2.00 bits per heavy atom. The van der Waals surface area contributed by atoms with Gasteiger partial charge in [-0.3, -0.25) is 4.55 Å². The van der Waals surface area contributed by atoms with Crippen LogP contribution in [0.3, 0.4) is 0 Å². The van der Waals surface area contributed by atoms with E-state index in [1.807, 2.05) is 18.7 Å². The number of rotatable bonds is 24. The number of aryl methyl sites for hydroxylation is 1. The van der Waals surface area contributed by atoms with Crippen LogP contribution in [0.1, 0.15) is 115 Å². The van der Waals surface area contributed by atoms with Crippen molar-refractivity contribution < 1.29 is 8.76 Å². The number of alkyl halides is 1. The van der Waals surface area contributed by atoms with Crippen LogP contribution in [0.15, 0.2) is 0 Å². The lowest BCUT2D eigenvalue weighted by Crippen LogP contribution is -2.35. The average Bonchev–Trinajstić information content (AvgIpc) is 3.26. The second-order valence-corrected chi connectivity index (χ2v) is 12.3. The normalized spacial score (nSPS) is 13.6. The second-order valence-electron chi connectivity index (χ2n) is 9.14. The standard InChI is InChI=1S/C24H48IN5O2S2/c1-3-4-5-6-7-8-9-10-11-12-13-14-15-16-20-33-22-24(30-27-23(2)26-28-30)21-29(34(31)32)19-17-18-25/h24H,3-22H2,1-2H3,(H,31,32). The number of unbranched alkanes of at least 4 members (excludes halogenated alkanes) is 13. The molecule has 7 nitrogen and oxygen atoms in total. The van der Waals surface area contributed by atoms with Gasteiger partial charge in [-0.1, -0.05) is 113 Å². The zero-order valence-corrected chi connectivity index (χ0v) is 25.3. The summed E-state index contributed by atoms with van der Waals surface area (Å²) in [5.74, 6) is 2.57. The smallest absolute Gasteiger partial charge is 0.234 e. The number of hydrogen-bond donors (Lipinski definition) is 1. The maximum absolute atomic E-state index is 11.8. The Morgan fingerprint density at radius 1 is 0.971 bits per heavy atom. The lowest BCUT2D eigenvalue weighted by atomic mass is 10.0. The van der Waals surface area contributed by atoms with Crippen molar-refractivity contribution in [3.63, 3.8) is 0 Å². The summed E-state index contributed by atoms with van der Waals surface area (Å²) in [6, 6.07) is -0.0526. The molecular weight excluding hydrogens is 581 g/mol. The summed E-state index contributed by atoms with van der Waals surface area (Å²) in [4.78, 5) is 1.62. The van der Waals surface area contributed by atoms with E-state index in [-0.39, 0.29) is 6.04 Å². The van der Waals surface area contributed by atoms with E-state index in [9.17, 15) is 8.76 Å². The topological polar surface area (TPSA) is 84.1 Å². The highest BCUT2D eigenvalue weighted by Crippen LogP contribution is 2.18. The van der Waals surface area contributed by atoms with Crippen molar-refractivity contribution >= 4 is 45.6 Å². The molecule has 1 aromatic heterocycles. The molecule has 0 spiro atoms. The van der Waals surface area contributed by atoms with Crippen LogP contribution >= 0.6 is 34.4 Å². The highest BCUT2D eigenvalue weighted by Gasteiger charge is 2.21. The average molecular weight is 630 g/mol. The summed E-state index contributed by atoms with van der Waals surface area (Å²) in [6.07, 6.45) is 20.2. The fourth-order valence-corrected chi connectivity index (χ4v) is 5.98. The summed E-state index contributed by atoms with van der Waals surface area (Å²) in [6.45, 7) is 5.16. The molecule has 0 saturated carbocycles. The van der Waals surface area contributed by atoms with Gasteiger partial charge in [0.2, 0.25) is 11.3 Å². The van der Waals surface area contributed by atoms with E-state index < -0.39 is 11.3 Å². The van der Waals surface area contributed by atoms with Gasteiger partial charge in [0, 0.05) is 23.3 Å². The van der Waals surface area contributed by atoms with E-state index >= 15 is 0 Å². The molecule has 0 saturated heterocycles. The predicted molar refractivity (Wildman–Crippen MR) is 155 cm³/mol. The van der Waals surface area contributed by atoms with E-state index in [4.69, 9.17) is 0 Å². The van der Waals surface area contributed by atoms with Gasteiger partial charge in [-0.25, -0.2) is 4.21 Å². The van der Waals surface area contributed by atoms with Gasteiger partial charge in [0.25, 0.3) is 0 Å². The van der Waals surface area contributed by atoms with Crippen molar-refractivity contribution in [2.75, 3.05) is 29.0 Å². The van der Waals surface area contributed by atoms with Gasteiger partial charge >= 0.3 is 0 Å². The molecule has 1 rings (SSSR count). The van der Waals surface area contributed by atoms with Crippen LogP contribution in [0.5, 0.6) is 0 Å². The van der Waals surface area contributed by atoms with Crippen molar-refractivity contribution in [2.24, 2.45) is 0 Å². The molecule has 0 aliphatic carbocycles. The first kappa shape index (κ1) is 32.2. The van der Waals surface area contributed by atoms with Gasteiger partial charge in [0.15, 0.2) is 5.82 Å². The minimum atomic E-state index is -1.98. The maximum Gasteiger partial charge on any atom is 0.234 e. The van der Waals surface area contributed by atoms with E-state index in [0.29, 0.717) is 18.9 Å². The lowest BCUT2D eigenvalue weighted by molar-refractivity contribution is 0.314. The Kier molecular flexibility index (Phi) is 21.3. The fourth-order valence-electron chi connectivity index (χ4n) is 3.97. The summed E-state index contributed by atoms with van der Waals surface area (Å²) < 4.78 is 24.0. The third kappa shape index (κ3) is 16.8. The molecule has 2 unspecified atom stereocenters. The predicted octanol–water partition coefficient (Wildman–Crippen LogP) is 7.00. The molecule has 1 aromatic rings. The molecule has 0 bridgehead atoms. The molecule has 1 N–H and O–H groups in total. The van der Waals surface area contributed by atoms with Crippen LogP contribution in [0.25, 0.3) is 0 Å². The van der Waals surface area contributed by atoms with E-state index in [1.54, 1.807) is 9.10 Å². The molecule has 34 heavy (non-hydrogen) atoms. The molecular formula is C24H48IN5O2S2. The Labute approximate surface area is 228 Å². The van der Waals surface area contributed by atoms with Gasteiger partial charge in [0.1, 0.15) is 0 Å². The van der Waals surface area contributed by atoms with Gasteiger partial charge < -0.3 is 0 Å². The third-order valence-corrected chi connectivity index (χ3v) is 8.72. The summed E-state index contributed by atoms with van der Waals surface area (Å²) in [5.41, 5.74) is 0. The van der Waals surface area contributed by atoms with Crippen LogP contribution in [-0.2, 0) is 11.3 Å². The number of hydrogen-bond acceptors (Lipinski definition) is 5. The number of tetrazole rings is 1. The Hall–Kier alpha value is 0.220. The van der Waals surface area contributed by atoms with Gasteiger partial charge in [-0.2, -0.15) is 20.9 Å². The molecule has 10 heteroatoms. The summed E-state index contributed by atoms with van der Waals surface area (Å²) >= 11 is 2.21. The molecule has 0 aliphatic heterocycles. The highest BCUT2D eigenvalue weighted by molar-refractivity contribution is 14.1. The monoisotopic (exact) mass is 629 g/mol. The first-order chi connectivity index (χ1) is 16.6. The Morgan fingerprint density at radius 2 is 1.53 bits per heavy atom. The number of aromatic nitrogens is 4. The van der Waals surface area contributed by atoms with E-state index in [0.717, 1.165) is 22.4 Å². The van der Waals surface area contributed by atoms with Crippen molar-refractivity contribution in [2.45, 2.75) is 116 Å². The Bertz CT molecular complexity index is 624.